The number of hydrogen-bond acceptors (Lipinski definition) is 5. The molecule has 0 spiro atoms. The number of piperidine rings is 1. The van der Waals surface area contributed by atoms with E-state index in [-0.39, 0.29) is 5.56 Å². The number of nitrogens with zero attached hydrogens (tertiary/aromatic N) is 4. The highest BCUT2D eigenvalue weighted by molar-refractivity contribution is 7.20. The molecule has 148 valence electrons. The predicted molar refractivity (Wildman–Crippen MR) is 116 cm³/mol. The molecule has 1 aliphatic heterocycles. The molecule has 5 nitrogen and oxygen atoms in total. The molecule has 0 amide bonds. The molecule has 0 bridgehead atoms. The summed E-state index contributed by atoms with van der Waals surface area (Å²) < 4.78 is 1.45. The maximum Gasteiger partial charge on any atom is 0.275 e. The molecule has 1 fully saturated rings. The second-order valence-electron chi connectivity index (χ2n) is 8.05. The number of hydrogen-bond donors (Lipinski definition) is 0. The molecule has 0 saturated carbocycles. The van der Waals surface area contributed by atoms with Crippen molar-refractivity contribution < 1.29 is 0 Å². The first-order chi connectivity index (χ1) is 13.5. The zero-order valence-corrected chi connectivity index (χ0v) is 17.7. The summed E-state index contributed by atoms with van der Waals surface area (Å²) in [4.78, 5) is 19.8. The van der Waals surface area contributed by atoms with E-state index in [1.165, 1.54) is 27.0 Å². The van der Waals surface area contributed by atoms with Gasteiger partial charge in [0, 0.05) is 24.8 Å². The maximum absolute atomic E-state index is 12.2. The lowest BCUT2D eigenvalue weighted by Crippen LogP contribution is -2.34. The molecule has 6 heteroatoms. The summed E-state index contributed by atoms with van der Waals surface area (Å²) in [6, 6.07) is 10.7. The molecule has 3 heterocycles. The molecule has 0 aliphatic carbocycles. The number of anilines is 1. The van der Waals surface area contributed by atoms with Gasteiger partial charge in [-0.25, -0.2) is 4.98 Å². The van der Waals surface area contributed by atoms with Crippen molar-refractivity contribution in [1.29, 1.82) is 0 Å². The fourth-order valence-corrected chi connectivity index (χ4v) is 4.83. The third-order valence-electron chi connectivity index (χ3n) is 5.71. The summed E-state index contributed by atoms with van der Waals surface area (Å²) in [5.41, 5.74) is 3.60. The Balaban J connectivity index is 1.40. The molecule has 1 aliphatic rings. The molecule has 0 radical (unpaired) electrons. The number of aryl methyl sites for hydroxylation is 1. The second-order valence-corrected chi connectivity index (χ2v) is 8.98. The van der Waals surface area contributed by atoms with Gasteiger partial charge in [-0.15, -0.1) is 5.10 Å². The Labute approximate surface area is 170 Å². The van der Waals surface area contributed by atoms with Crippen LogP contribution in [0.25, 0.3) is 4.96 Å². The van der Waals surface area contributed by atoms with E-state index in [4.69, 9.17) is 0 Å². The molecule has 0 atom stereocenters. The van der Waals surface area contributed by atoms with Gasteiger partial charge in [0.05, 0.1) is 0 Å². The monoisotopic (exact) mass is 396 g/mol. The summed E-state index contributed by atoms with van der Waals surface area (Å²) in [5.74, 6) is 1.30. The van der Waals surface area contributed by atoms with Crippen molar-refractivity contribution in [2.75, 3.05) is 18.0 Å². The largest absolute Gasteiger partial charge is 0.347 e. The van der Waals surface area contributed by atoms with Gasteiger partial charge in [0.1, 0.15) is 0 Å². The third-order valence-corrected chi connectivity index (χ3v) is 6.67. The van der Waals surface area contributed by atoms with Crippen LogP contribution in [0.5, 0.6) is 0 Å². The Morgan fingerprint density at radius 2 is 1.89 bits per heavy atom. The van der Waals surface area contributed by atoms with Crippen molar-refractivity contribution >= 4 is 21.4 Å². The zero-order chi connectivity index (χ0) is 19.7. The van der Waals surface area contributed by atoms with E-state index in [1.807, 2.05) is 6.92 Å². The quantitative estimate of drug-likeness (QED) is 0.645. The first-order valence-corrected chi connectivity index (χ1v) is 11.1. The van der Waals surface area contributed by atoms with Crippen LogP contribution in [0.15, 0.2) is 35.1 Å². The Hall–Kier alpha value is -2.21. The molecule has 1 aromatic carbocycles. The van der Waals surface area contributed by atoms with Crippen LogP contribution in [0.1, 0.15) is 56.4 Å². The minimum absolute atomic E-state index is 0.0796. The number of fused-ring (bicyclic) bond motifs is 1. The average Bonchev–Trinajstić information content (AvgIpc) is 3.13. The molecular weight excluding hydrogens is 368 g/mol. The van der Waals surface area contributed by atoms with E-state index in [0.29, 0.717) is 16.8 Å². The molecule has 2 aromatic heterocycles. The molecule has 3 aromatic rings. The third kappa shape index (κ3) is 3.97. The highest BCUT2D eigenvalue weighted by Crippen LogP contribution is 2.28. The van der Waals surface area contributed by atoms with E-state index in [2.05, 4.69) is 53.1 Å². The minimum atomic E-state index is -0.0796. The van der Waals surface area contributed by atoms with Gasteiger partial charge >= 0.3 is 0 Å². The summed E-state index contributed by atoms with van der Waals surface area (Å²) >= 11 is 1.52. The first-order valence-electron chi connectivity index (χ1n) is 10.3. The van der Waals surface area contributed by atoms with Gasteiger partial charge < -0.3 is 4.90 Å². The first kappa shape index (κ1) is 19.1. The Morgan fingerprint density at radius 3 is 2.54 bits per heavy atom. The normalized spacial score (nSPS) is 15.6. The van der Waals surface area contributed by atoms with E-state index in [0.717, 1.165) is 49.6 Å². The topological polar surface area (TPSA) is 50.5 Å². The van der Waals surface area contributed by atoms with Crippen LogP contribution in [0, 0.1) is 5.92 Å². The van der Waals surface area contributed by atoms with Crippen LogP contribution in [-0.2, 0) is 12.8 Å². The molecule has 0 unspecified atom stereocenters. The number of benzene rings is 1. The fourth-order valence-electron chi connectivity index (χ4n) is 3.86. The van der Waals surface area contributed by atoms with Crippen LogP contribution in [0.4, 0.5) is 5.13 Å². The number of aromatic nitrogens is 3. The summed E-state index contributed by atoms with van der Waals surface area (Å²) in [5, 5.41) is 5.45. The van der Waals surface area contributed by atoms with E-state index >= 15 is 0 Å². The Morgan fingerprint density at radius 1 is 1.18 bits per heavy atom. The lowest BCUT2D eigenvalue weighted by Gasteiger charge is -2.31. The van der Waals surface area contributed by atoms with Crippen LogP contribution in [-0.4, -0.2) is 27.7 Å². The lowest BCUT2D eigenvalue weighted by atomic mass is 9.89. The van der Waals surface area contributed by atoms with Crippen LogP contribution in [0.2, 0.25) is 0 Å². The smallest absolute Gasteiger partial charge is 0.275 e. The molecule has 1 saturated heterocycles. The maximum atomic E-state index is 12.2. The van der Waals surface area contributed by atoms with Crippen molar-refractivity contribution in [3.63, 3.8) is 0 Å². The summed E-state index contributed by atoms with van der Waals surface area (Å²) in [6.45, 7) is 8.47. The minimum Gasteiger partial charge on any atom is -0.347 e. The standard InChI is InChI=1S/C22H28N4OS/c1-4-19-14-20(27)26-21(23-19)28-22(24-26)25-11-9-17(10-12-25)13-16-5-7-18(8-6-16)15(2)3/h5-8,14-15,17H,4,9-13H2,1-3H3. The predicted octanol–water partition coefficient (Wildman–Crippen LogP) is 4.30. The van der Waals surface area contributed by atoms with Crippen molar-refractivity contribution in [3.05, 3.63) is 57.5 Å². The van der Waals surface area contributed by atoms with Crippen molar-refractivity contribution in [3.8, 4) is 0 Å². The average molecular weight is 397 g/mol. The van der Waals surface area contributed by atoms with Gasteiger partial charge in [0.2, 0.25) is 10.1 Å². The number of rotatable bonds is 5. The van der Waals surface area contributed by atoms with Gasteiger partial charge in [-0.2, -0.15) is 4.52 Å². The van der Waals surface area contributed by atoms with Gasteiger partial charge in [-0.1, -0.05) is 56.4 Å². The van der Waals surface area contributed by atoms with E-state index in [9.17, 15) is 4.79 Å². The highest BCUT2D eigenvalue weighted by atomic mass is 32.1. The summed E-state index contributed by atoms with van der Waals surface area (Å²) in [7, 11) is 0. The SMILES string of the molecule is CCc1cc(=O)n2nc(N3CCC(Cc4ccc(C(C)C)cc4)CC3)sc2n1. The van der Waals surface area contributed by atoms with Gasteiger partial charge in [-0.3, -0.25) is 4.79 Å². The van der Waals surface area contributed by atoms with E-state index < -0.39 is 0 Å². The zero-order valence-electron chi connectivity index (χ0n) is 16.9. The van der Waals surface area contributed by atoms with Crippen LogP contribution < -0.4 is 10.5 Å². The van der Waals surface area contributed by atoms with Gasteiger partial charge in [0.25, 0.3) is 5.56 Å². The Bertz CT molecular complexity index is 998. The lowest BCUT2D eigenvalue weighted by molar-refractivity contribution is 0.403. The summed E-state index contributed by atoms with van der Waals surface area (Å²) in [6.07, 6.45) is 4.23. The van der Waals surface area contributed by atoms with E-state index in [1.54, 1.807) is 6.07 Å². The molecule has 4 rings (SSSR count). The Kier molecular flexibility index (Phi) is 5.49. The molecular formula is C22H28N4OS. The second kappa shape index (κ2) is 8.03. The van der Waals surface area contributed by atoms with Crippen molar-refractivity contribution in [1.82, 2.24) is 14.6 Å². The van der Waals surface area contributed by atoms with Crippen molar-refractivity contribution in [2.24, 2.45) is 5.92 Å². The van der Waals surface area contributed by atoms with Crippen LogP contribution in [0.3, 0.4) is 0 Å². The van der Waals surface area contributed by atoms with Gasteiger partial charge in [-0.05, 0) is 48.6 Å². The van der Waals surface area contributed by atoms with Crippen molar-refractivity contribution in [2.45, 2.75) is 52.4 Å². The fraction of sp³-hybridized carbons (Fsp3) is 0.500. The van der Waals surface area contributed by atoms with Gasteiger partial charge in [0.15, 0.2) is 0 Å². The molecule has 28 heavy (non-hydrogen) atoms. The molecule has 0 N–H and O–H groups in total. The van der Waals surface area contributed by atoms with Crippen LogP contribution >= 0.6 is 11.3 Å². The highest BCUT2D eigenvalue weighted by Gasteiger charge is 2.22.